The molecule has 0 aliphatic carbocycles. The minimum atomic E-state index is -0.115. The van der Waals surface area contributed by atoms with Gasteiger partial charge in [-0.15, -0.1) is 23.7 Å². The third-order valence-corrected chi connectivity index (χ3v) is 4.83. The van der Waals surface area contributed by atoms with Crippen molar-refractivity contribution in [3.05, 3.63) is 26.6 Å². The molecule has 2 aromatic rings. The Bertz CT molecular complexity index is 741. The maximum Gasteiger partial charge on any atom is 0.259 e. The molecule has 0 atom stereocenters. The Balaban J connectivity index is 0.00000288. The zero-order valence-electron chi connectivity index (χ0n) is 14.3. The fraction of sp³-hybridized carbons (Fsp3) is 0.562. The van der Waals surface area contributed by atoms with Crippen molar-refractivity contribution < 1.29 is 4.79 Å². The molecule has 24 heavy (non-hydrogen) atoms. The summed E-state index contributed by atoms with van der Waals surface area (Å²) in [5.74, 6) is 0.549. The summed E-state index contributed by atoms with van der Waals surface area (Å²) in [6, 6.07) is 0. The van der Waals surface area contributed by atoms with E-state index in [4.69, 9.17) is 0 Å². The molecule has 0 bridgehead atoms. The van der Waals surface area contributed by atoms with Crippen LogP contribution in [-0.4, -0.2) is 35.5 Å². The minimum absolute atomic E-state index is 0. The second-order valence-corrected chi connectivity index (χ2v) is 6.78. The maximum atomic E-state index is 12.2. The van der Waals surface area contributed by atoms with E-state index in [2.05, 4.69) is 27.5 Å². The Morgan fingerprint density at radius 2 is 2.00 bits per heavy atom. The number of fused-ring (bicyclic) bond motifs is 1. The van der Waals surface area contributed by atoms with Crippen LogP contribution in [0.15, 0.2) is 4.79 Å². The standard InChI is InChI=1S/C16H24N4O2S.ClH/c1-4-7-17-8-9-18-13(21)6-5-12-19-15(22)14-10(2)11(3)23-16(14)20-12;/h17H,4-9H2,1-3H3,(H,18,21)(H,19,20,22);1H. The largest absolute Gasteiger partial charge is 0.355 e. The van der Waals surface area contributed by atoms with E-state index in [0.717, 1.165) is 34.8 Å². The smallest absolute Gasteiger partial charge is 0.259 e. The van der Waals surface area contributed by atoms with Crippen LogP contribution >= 0.6 is 23.7 Å². The van der Waals surface area contributed by atoms with Crippen molar-refractivity contribution in [2.75, 3.05) is 19.6 Å². The molecule has 3 N–H and O–H groups in total. The molecule has 0 spiro atoms. The highest BCUT2D eigenvalue weighted by molar-refractivity contribution is 7.18. The topological polar surface area (TPSA) is 86.9 Å². The number of hydrogen-bond donors (Lipinski definition) is 3. The van der Waals surface area contributed by atoms with Crippen LogP contribution < -0.4 is 16.2 Å². The van der Waals surface area contributed by atoms with Gasteiger partial charge >= 0.3 is 0 Å². The molecular formula is C16H25ClN4O2S. The number of H-pyrrole nitrogens is 1. The van der Waals surface area contributed by atoms with Crippen LogP contribution in [0.1, 0.15) is 36.0 Å². The van der Waals surface area contributed by atoms with Crippen LogP contribution in [-0.2, 0) is 11.2 Å². The molecule has 0 radical (unpaired) electrons. The Morgan fingerprint density at radius 3 is 2.71 bits per heavy atom. The molecular weight excluding hydrogens is 348 g/mol. The number of aromatic nitrogens is 2. The predicted octanol–water partition coefficient (Wildman–Crippen LogP) is 2.07. The monoisotopic (exact) mass is 372 g/mol. The number of nitrogens with one attached hydrogen (secondary N) is 3. The minimum Gasteiger partial charge on any atom is -0.355 e. The van der Waals surface area contributed by atoms with Crippen LogP contribution in [0.3, 0.4) is 0 Å². The molecule has 0 saturated carbocycles. The molecule has 0 saturated heterocycles. The third kappa shape index (κ3) is 5.29. The molecule has 0 unspecified atom stereocenters. The van der Waals surface area contributed by atoms with Gasteiger partial charge in [0.2, 0.25) is 5.91 Å². The van der Waals surface area contributed by atoms with E-state index in [0.29, 0.717) is 30.6 Å². The van der Waals surface area contributed by atoms with E-state index >= 15 is 0 Å². The number of amides is 1. The molecule has 0 fully saturated rings. The Morgan fingerprint density at radius 1 is 1.25 bits per heavy atom. The number of nitrogens with zero attached hydrogens (tertiary/aromatic N) is 1. The number of halogens is 1. The first kappa shape index (κ1) is 20.6. The SMILES string of the molecule is CCCNCCNC(=O)CCc1nc2sc(C)c(C)c2c(=O)[nH]1.Cl. The van der Waals surface area contributed by atoms with E-state index in [1.54, 1.807) is 0 Å². The average molecular weight is 373 g/mol. The van der Waals surface area contributed by atoms with Crippen molar-refractivity contribution >= 4 is 39.9 Å². The number of rotatable bonds is 8. The highest BCUT2D eigenvalue weighted by Crippen LogP contribution is 2.25. The Hall–Kier alpha value is -1.44. The highest BCUT2D eigenvalue weighted by atomic mass is 35.5. The van der Waals surface area contributed by atoms with E-state index in [1.165, 1.54) is 11.3 Å². The molecule has 0 aliphatic rings. The van der Waals surface area contributed by atoms with E-state index < -0.39 is 0 Å². The highest BCUT2D eigenvalue weighted by Gasteiger charge is 2.12. The van der Waals surface area contributed by atoms with Gasteiger partial charge in [-0.1, -0.05) is 6.92 Å². The van der Waals surface area contributed by atoms with Gasteiger partial charge in [-0.05, 0) is 32.4 Å². The fourth-order valence-electron chi connectivity index (χ4n) is 2.33. The van der Waals surface area contributed by atoms with Crippen molar-refractivity contribution in [1.29, 1.82) is 0 Å². The summed E-state index contributed by atoms with van der Waals surface area (Å²) < 4.78 is 0. The summed E-state index contributed by atoms with van der Waals surface area (Å²) in [7, 11) is 0. The number of aromatic amines is 1. The number of carbonyl (C=O) groups excluding carboxylic acids is 1. The summed E-state index contributed by atoms with van der Waals surface area (Å²) in [5.41, 5.74) is 0.874. The molecule has 8 heteroatoms. The van der Waals surface area contributed by atoms with Crippen molar-refractivity contribution in [2.24, 2.45) is 0 Å². The maximum absolute atomic E-state index is 12.2. The number of aryl methyl sites for hydroxylation is 3. The molecule has 2 aromatic heterocycles. The van der Waals surface area contributed by atoms with Crippen molar-refractivity contribution in [3.63, 3.8) is 0 Å². The van der Waals surface area contributed by atoms with Gasteiger partial charge in [0.1, 0.15) is 10.7 Å². The first-order chi connectivity index (χ1) is 11.0. The number of hydrogen-bond acceptors (Lipinski definition) is 5. The van der Waals surface area contributed by atoms with Crippen molar-refractivity contribution in [3.8, 4) is 0 Å². The predicted molar refractivity (Wildman–Crippen MR) is 101 cm³/mol. The van der Waals surface area contributed by atoms with Crippen molar-refractivity contribution in [1.82, 2.24) is 20.6 Å². The molecule has 0 aliphatic heterocycles. The van der Waals surface area contributed by atoms with Gasteiger partial charge in [-0.2, -0.15) is 0 Å². The van der Waals surface area contributed by atoms with Crippen LogP contribution in [0.4, 0.5) is 0 Å². The summed E-state index contributed by atoms with van der Waals surface area (Å²) in [4.78, 5) is 33.1. The third-order valence-electron chi connectivity index (χ3n) is 3.73. The van der Waals surface area contributed by atoms with E-state index in [1.807, 2.05) is 13.8 Å². The summed E-state index contributed by atoms with van der Waals surface area (Å²) in [6.45, 7) is 8.37. The second-order valence-electron chi connectivity index (χ2n) is 5.58. The summed E-state index contributed by atoms with van der Waals surface area (Å²) >= 11 is 1.52. The summed E-state index contributed by atoms with van der Waals surface area (Å²) in [6.07, 6.45) is 1.85. The lowest BCUT2D eigenvalue weighted by atomic mass is 10.2. The molecule has 134 valence electrons. The van der Waals surface area contributed by atoms with Crippen LogP contribution in [0.2, 0.25) is 0 Å². The Kier molecular flexibility index (Phi) is 8.38. The molecule has 6 nitrogen and oxygen atoms in total. The quantitative estimate of drug-likeness (QED) is 0.619. The molecule has 2 rings (SSSR count). The lowest BCUT2D eigenvalue weighted by Gasteiger charge is -2.06. The normalized spacial score (nSPS) is 10.6. The zero-order valence-corrected chi connectivity index (χ0v) is 16.0. The number of carbonyl (C=O) groups is 1. The van der Waals surface area contributed by atoms with Crippen molar-refractivity contribution in [2.45, 2.75) is 40.0 Å². The van der Waals surface area contributed by atoms with Gasteiger partial charge in [0.25, 0.3) is 5.56 Å². The van der Waals surface area contributed by atoms with E-state index in [-0.39, 0.29) is 23.9 Å². The first-order valence-corrected chi connectivity index (χ1v) is 8.81. The molecule has 1 amide bonds. The van der Waals surface area contributed by atoms with E-state index in [9.17, 15) is 9.59 Å². The fourth-order valence-corrected chi connectivity index (χ4v) is 3.38. The zero-order chi connectivity index (χ0) is 16.8. The molecule has 2 heterocycles. The lowest BCUT2D eigenvalue weighted by molar-refractivity contribution is -0.121. The summed E-state index contributed by atoms with van der Waals surface area (Å²) in [5, 5.41) is 6.75. The van der Waals surface area contributed by atoms with Gasteiger partial charge < -0.3 is 15.6 Å². The lowest BCUT2D eigenvalue weighted by Crippen LogP contribution is -2.32. The number of thiophene rings is 1. The van der Waals surface area contributed by atoms with Gasteiger partial charge in [0.15, 0.2) is 0 Å². The van der Waals surface area contributed by atoms with Crippen LogP contribution in [0, 0.1) is 13.8 Å². The van der Waals surface area contributed by atoms with Gasteiger partial charge in [0.05, 0.1) is 5.39 Å². The molecule has 0 aromatic carbocycles. The Labute approximate surface area is 151 Å². The van der Waals surface area contributed by atoms with Gasteiger partial charge in [-0.3, -0.25) is 9.59 Å². The van der Waals surface area contributed by atoms with Gasteiger partial charge in [-0.25, -0.2) is 4.98 Å². The van der Waals surface area contributed by atoms with Crippen LogP contribution in [0.5, 0.6) is 0 Å². The van der Waals surface area contributed by atoms with Gasteiger partial charge in [0, 0.05) is 30.8 Å². The average Bonchev–Trinajstić information content (AvgIpc) is 2.80. The first-order valence-electron chi connectivity index (χ1n) is 7.99. The van der Waals surface area contributed by atoms with Crippen LogP contribution in [0.25, 0.3) is 10.2 Å². The second kappa shape index (κ2) is 9.76.